The van der Waals surface area contributed by atoms with E-state index in [1.54, 1.807) is 40.9 Å². The van der Waals surface area contributed by atoms with Crippen LogP contribution in [0.3, 0.4) is 0 Å². The molecule has 4 rings (SSSR count). The summed E-state index contributed by atoms with van der Waals surface area (Å²) in [6.45, 7) is 1.84. The molecular formula is C21H20ClFN2O2S. The maximum Gasteiger partial charge on any atom is 0.255 e. The van der Waals surface area contributed by atoms with Crippen molar-refractivity contribution < 1.29 is 14.0 Å². The highest BCUT2D eigenvalue weighted by atomic mass is 35.5. The van der Waals surface area contributed by atoms with Crippen LogP contribution in [0.15, 0.2) is 48.5 Å². The van der Waals surface area contributed by atoms with Gasteiger partial charge in [-0.15, -0.1) is 11.8 Å². The average molecular weight is 419 g/mol. The first-order valence-corrected chi connectivity index (χ1v) is 10.6. The minimum atomic E-state index is -0.355. The zero-order valence-corrected chi connectivity index (χ0v) is 16.8. The van der Waals surface area contributed by atoms with Crippen LogP contribution >= 0.6 is 23.4 Å². The van der Waals surface area contributed by atoms with Gasteiger partial charge < -0.3 is 9.80 Å². The van der Waals surface area contributed by atoms with E-state index in [-0.39, 0.29) is 22.5 Å². The normalized spacial score (nSPS) is 18.5. The maximum atomic E-state index is 13.1. The molecule has 0 aliphatic carbocycles. The first-order chi connectivity index (χ1) is 13.5. The largest absolute Gasteiger partial charge is 0.338 e. The van der Waals surface area contributed by atoms with Crippen LogP contribution in [0.1, 0.15) is 33.6 Å². The predicted molar refractivity (Wildman–Crippen MR) is 109 cm³/mol. The molecule has 0 bridgehead atoms. The molecule has 28 heavy (non-hydrogen) atoms. The average Bonchev–Trinajstić information content (AvgIpc) is 3.11. The lowest BCUT2D eigenvalue weighted by molar-refractivity contribution is 0.0498. The zero-order chi connectivity index (χ0) is 19.7. The molecule has 2 aromatic carbocycles. The summed E-state index contributed by atoms with van der Waals surface area (Å²) in [6.07, 6.45) is 1.44. The number of halogens is 2. The first-order valence-electron chi connectivity index (χ1n) is 9.25. The molecule has 2 heterocycles. The summed E-state index contributed by atoms with van der Waals surface area (Å²) in [7, 11) is 0. The van der Waals surface area contributed by atoms with E-state index in [0.29, 0.717) is 35.8 Å². The molecule has 0 saturated carbocycles. The highest BCUT2D eigenvalue weighted by Crippen LogP contribution is 2.44. The molecule has 2 fully saturated rings. The quantitative estimate of drug-likeness (QED) is 0.730. The second-order valence-corrected chi connectivity index (χ2v) is 8.95. The number of piperidine rings is 1. The van der Waals surface area contributed by atoms with Gasteiger partial charge >= 0.3 is 0 Å². The number of hydrogen-bond acceptors (Lipinski definition) is 3. The predicted octanol–water partition coefficient (Wildman–Crippen LogP) is 4.30. The van der Waals surface area contributed by atoms with Gasteiger partial charge in [0.05, 0.1) is 4.87 Å². The van der Waals surface area contributed by atoms with Gasteiger partial charge in [0.1, 0.15) is 5.82 Å². The van der Waals surface area contributed by atoms with Crippen molar-refractivity contribution >= 4 is 35.2 Å². The molecule has 2 amide bonds. The van der Waals surface area contributed by atoms with E-state index in [2.05, 4.69) is 0 Å². The Hall–Kier alpha value is -2.05. The number of benzene rings is 2. The van der Waals surface area contributed by atoms with Crippen molar-refractivity contribution in [3.8, 4) is 0 Å². The molecule has 146 valence electrons. The molecule has 0 radical (unpaired) electrons. The van der Waals surface area contributed by atoms with Crippen molar-refractivity contribution in [1.82, 2.24) is 9.80 Å². The third-order valence-corrected chi connectivity index (χ3v) is 7.21. The molecule has 1 spiro atoms. The van der Waals surface area contributed by atoms with Gasteiger partial charge in [0.2, 0.25) is 0 Å². The van der Waals surface area contributed by atoms with Crippen LogP contribution in [0, 0.1) is 5.82 Å². The third-order valence-electron chi connectivity index (χ3n) is 5.42. The number of carbonyl (C=O) groups excluding carboxylic acids is 2. The molecular weight excluding hydrogens is 399 g/mol. The van der Waals surface area contributed by atoms with Crippen LogP contribution < -0.4 is 0 Å². The van der Waals surface area contributed by atoms with E-state index >= 15 is 0 Å². The molecule has 2 aromatic rings. The molecule has 0 unspecified atom stereocenters. The number of amides is 2. The summed E-state index contributed by atoms with van der Waals surface area (Å²) in [5.41, 5.74) is 1.09. The summed E-state index contributed by atoms with van der Waals surface area (Å²) in [5.74, 6) is 0.432. The van der Waals surface area contributed by atoms with Crippen molar-refractivity contribution in [3.05, 3.63) is 70.5 Å². The fraction of sp³-hybridized carbons (Fsp3) is 0.333. The third kappa shape index (κ3) is 3.63. The van der Waals surface area contributed by atoms with Gasteiger partial charge in [0, 0.05) is 41.5 Å². The van der Waals surface area contributed by atoms with E-state index < -0.39 is 0 Å². The molecule has 0 atom stereocenters. The molecule has 2 aliphatic heterocycles. The Morgan fingerprint density at radius 1 is 0.964 bits per heavy atom. The number of thioether (sulfide) groups is 1. The van der Waals surface area contributed by atoms with E-state index in [0.717, 1.165) is 18.6 Å². The second-order valence-electron chi connectivity index (χ2n) is 7.06. The van der Waals surface area contributed by atoms with Gasteiger partial charge in [-0.2, -0.15) is 0 Å². The Morgan fingerprint density at radius 3 is 2.36 bits per heavy atom. The first kappa shape index (κ1) is 19.3. The van der Waals surface area contributed by atoms with Crippen molar-refractivity contribution in [3.63, 3.8) is 0 Å². The Balaban J connectivity index is 1.47. The highest BCUT2D eigenvalue weighted by Gasteiger charge is 2.47. The lowest BCUT2D eigenvalue weighted by Gasteiger charge is -2.44. The molecule has 2 saturated heterocycles. The lowest BCUT2D eigenvalue weighted by Crippen LogP contribution is -2.53. The standard InChI is InChI=1S/C21H20ClFN2O2S/c22-17-3-1-2-16(14-17)20(27)25-12-13-28-21(25)8-10-24(11-9-21)19(26)15-4-6-18(23)7-5-15/h1-7,14H,8-13H2. The monoisotopic (exact) mass is 418 g/mol. The van der Waals surface area contributed by atoms with Crippen molar-refractivity contribution in [1.29, 1.82) is 0 Å². The summed E-state index contributed by atoms with van der Waals surface area (Å²) in [5, 5.41) is 0.548. The van der Waals surface area contributed by atoms with Crippen LogP contribution in [0.25, 0.3) is 0 Å². The minimum Gasteiger partial charge on any atom is -0.338 e. The van der Waals surface area contributed by atoms with Crippen LogP contribution in [-0.4, -0.2) is 51.9 Å². The summed E-state index contributed by atoms with van der Waals surface area (Å²) < 4.78 is 13.1. The summed E-state index contributed by atoms with van der Waals surface area (Å²) in [4.78, 5) is 29.2. The van der Waals surface area contributed by atoms with Crippen LogP contribution in [-0.2, 0) is 0 Å². The maximum absolute atomic E-state index is 13.1. The van der Waals surface area contributed by atoms with Gasteiger partial charge in [0.25, 0.3) is 11.8 Å². The number of likely N-dealkylation sites (tertiary alicyclic amines) is 1. The molecule has 4 nitrogen and oxygen atoms in total. The number of rotatable bonds is 2. The Labute approximate surface area is 172 Å². The fourth-order valence-corrected chi connectivity index (χ4v) is 5.57. The molecule has 2 aliphatic rings. The SMILES string of the molecule is O=C(c1ccc(F)cc1)N1CCC2(CC1)SCCN2C(=O)c1cccc(Cl)c1. The smallest absolute Gasteiger partial charge is 0.255 e. The lowest BCUT2D eigenvalue weighted by atomic mass is 10.00. The van der Waals surface area contributed by atoms with Gasteiger partial charge in [-0.3, -0.25) is 9.59 Å². The topological polar surface area (TPSA) is 40.6 Å². The Morgan fingerprint density at radius 2 is 1.68 bits per heavy atom. The minimum absolute atomic E-state index is 0.00851. The van der Waals surface area contributed by atoms with Crippen LogP contribution in [0.4, 0.5) is 4.39 Å². The molecule has 0 N–H and O–H groups in total. The van der Waals surface area contributed by atoms with Crippen molar-refractivity contribution in [2.45, 2.75) is 17.7 Å². The van der Waals surface area contributed by atoms with Gasteiger partial charge in [0.15, 0.2) is 0 Å². The van der Waals surface area contributed by atoms with Gasteiger partial charge in [-0.25, -0.2) is 4.39 Å². The van der Waals surface area contributed by atoms with E-state index in [1.807, 2.05) is 4.90 Å². The van der Waals surface area contributed by atoms with E-state index in [4.69, 9.17) is 11.6 Å². The number of carbonyl (C=O) groups is 2. The fourth-order valence-electron chi connectivity index (χ4n) is 3.92. The van der Waals surface area contributed by atoms with Crippen molar-refractivity contribution in [2.24, 2.45) is 0 Å². The Kier molecular flexibility index (Phi) is 5.34. The van der Waals surface area contributed by atoms with Crippen molar-refractivity contribution in [2.75, 3.05) is 25.4 Å². The molecule has 7 heteroatoms. The number of nitrogens with zero attached hydrogens (tertiary/aromatic N) is 2. The Bertz CT molecular complexity index is 898. The summed E-state index contributed by atoms with van der Waals surface area (Å²) >= 11 is 7.85. The number of hydrogen-bond donors (Lipinski definition) is 0. The van der Waals surface area contributed by atoms with Gasteiger partial charge in [-0.05, 0) is 55.3 Å². The summed E-state index contributed by atoms with van der Waals surface area (Å²) in [6, 6.07) is 12.7. The van der Waals surface area contributed by atoms with E-state index in [1.165, 1.54) is 24.3 Å². The zero-order valence-electron chi connectivity index (χ0n) is 15.2. The van der Waals surface area contributed by atoms with Gasteiger partial charge in [-0.1, -0.05) is 17.7 Å². The highest BCUT2D eigenvalue weighted by molar-refractivity contribution is 8.00. The second kappa shape index (κ2) is 7.76. The molecule has 0 aromatic heterocycles. The van der Waals surface area contributed by atoms with Crippen LogP contribution in [0.2, 0.25) is 5.02 Å². The van der Waals surface area contributed by atoms with E-state index in [9.17, 15) is 14.0 Å². The van der Waals surface area contributed by atoms with Crippen LogP contribution in [0.5, 0.6) is 0 Å².